The second-order valence-corrected chi connectivity index (χ2v) is 6.71. The Morgan fingerprint density at radius 3 is 2.75 bits per heavy atom. The predicted octanol–water partition coefficient (Wildman–Crippen LogP) is 2.68. The lowest BCUT2D eigenvalue weighted by atomic mass is 9.99. The number of anilines is 1. The van der Waals surface area contributed by atoms with E-state index in [0.717, 1.165) is 18.2 Å². The lowest BCUT2D eigenvalue weighted by Gasteiger charge is -2.08. The van der Waals surface area contributed by atoms with Gasteiger partial charge in [0.15, 0.2) is 5.13 Å². The van der Waals surface area contributed by atoms with Gasteiger partial charge < -0.3 is 5.73 Å². The van der Waals surface area contributed by atoms with Gasteiger partial charge in [0.05, 0.1) is 12.1 Å². The molecule has 0 bridgehead atoms. The zero-order chi connectivity index (χ0) is 16.7. The molecule has 0 aliphatic heterocycles. The molecule has 24 heavy (non-hydrogen) atoms. The van der Waals surface area contributed by atoms with Gasteiger partial charge in [-0.3, -0.25) is 14.9 Å². The summed E-state index contributed by atoms with van der Waals surface area (Å²) < 4.78 is 0. The fourth-order valence-corrected chi connectivity index (χ4v) is 3.94. The Morgan fingerprint density at radius 2 is 1.96 bits per heavy atom. The van der Waals surface area contributed by atoms with Gasteiger partial charge in [0.1, 0.15) is 0 Å². The lowest BCUT2D eigenvalue weighted by molar-refractivity contribution is -0.117. The van der Waals surface area contributed by atoms with Gasteiger partial charge in [-0.25, -0.2) is 4.98 Å². The SMILES string of the molecule is NC(=O)Cc1csc(NC(=O)c2ccc3c4c(cccc24)CC3)n1. The highest BCUT2D eigenvalue weighted by Crippen LogP contribution is 2.33. The second kappa shape index (κ2) is 5.72. The number of amides is 2. The van der Waals surface area contributed by atoms with Crippen LogP contribution in [0.1, 0.15) is 27.2 Å². The molecule has 0 radical (unpaired) electrons. The van der Waals surface area contributed by atoms with Crippen LogP contribution in [0, 0.1) is 0 Å². The van der Waals surface area contributed by atoms with E-state index in [1.807, 2.05) is 24.3 Å². The molecule has 0 spiro atoms. The van der Waals surface area contributed by atoms with E-state index in [0.29, 0.717) is 16.4 Å². The minimum atomic E-state index is -0.439. The number of carbonyl (C=O) groups is 2. The van der Waals surface area contributed by atoms with Crippen LogP contribution in [0.3, 0.4) is 0 Å². The number of benzene rings is 2. The molecule has 4 rings (SSSR count). The number of aryl methyl sites for hydroxylation is 2. The number of hydrogen-bond donors (Lipinski definition) is 2. The van der Waals surface area contributed by atoms with Crippen LogP contribution in [-0.2, 0) is 24.1 Å². The Kier molecular flexibility index (Phi) is 3.54. The molecule has 0 atom stereocenters. The number of nitrogens with one attached hydrogen (secondary N) is 1. The first-order valence-electron chi connectivity index (χ1n) is 7.69. The first-order valence-corrected chi connectivity index (χ1v) is 8.57. The molecule has 3 aromatic rings. The number of carbonyl (C=O) groups excluding carboxylic acids is 2. The van der Waals surface area contributed by atoms with Crippen molar-refractivity contribution in [1.82, 2.24) is 4.98 Å². The van der Waals surface area contributed by atoms with E-state index in [-0.39, 0.29) is 12.3 Å². The Morgan fingerprint density at radius 1 is 1.17 bits per heavy atom. The van der Waals surface area contributed by atoms with Crippen molar-refractivity contribution in [3.8, 4) is 0 Å². The zero-order valence-corrected chi connectivity index (χ0v) is 13.7. The third-order valence-electron chi connectivity index (χ3n) is 4.25. The van der Waals surface area contributed by atoms with Crippen molar-refractivity contribution < 1.29 is 9.59 Å². The minimum absolute atomic E-state index is 0.0767. The second-order valence-electron chi connectivity index (χ2n) is 5.85. The molecule has 1 aliphatic rings. The molecule has 2 amide bonds. The van der Waals surface area contributed by atoms with Crippen LogP contribution < -0.4 is 11.1 Å². The summed E-state index contributed by atoms with van der Waals surface area (Å²) in [5, 5.41) is 7.21. The van der Waals surface area contributed by atoms with Crippen LogP contribution in [0.4, 0.5) is 5.13 Å². The highest BCUT2D eigenvalue weighted by Gasteiger charge is 2.19. The van der Waals surface area contributed by atoms with Crippen LogP contribution in [0.5, 0.6) is 0 Å². The fraction of sp³-hybridized carbons (Fsp3) is 0.167. The molecule has 3 N–H and O–H groups in total. The normalized spacial score (nSPS) is 12.5. The maximum atomic E-state index is 12.7. The number of hydrogen-bond acceptors (Lipinski definition) is 4. The number of thiazole rings is 1. The maximum absolute atomic E-state index is 12.7. The molecule has 6 heteroatoms. The highest BCUT2D eigenvalue weighted by molar-refractivity contribution is 7.14. The third-order valence-corrected chi connectivity index (χ3v) is 5.06. The number of nitrogens with two attached hydrogens (primary N) is 1. The van der Waals surface area contributed by atoms with Crippen molar-refractivity contribution in [2.75, 3.05) is 5.32 Å². The van der Waals surface area contributed by atoms with Gasteiger partial charge in [-0.2, -0.15) is 0 Å². The average molecular weight is 337 g/mol. The van der Waals surface area contributed by atoms with Crippen molar-refractivity contribution in [1.29, 1.82) is 0 Å². The Labute approximate surface area is 142 Å². The van der Waals surface area contributed by atoms with Crippen LogP contribution in [0.15, 0.2) is 35.7 Å². The molecule has 5 nitrogen and oxygen atoms in total. The summed E-state index contributed by atoms with van der Waals surface area (Å²) >= 11 is 1.29. The first-order chi connectivity index (χ1) is 11.6. The summed E-state index contributed by atoms with van der Waals surface area (Å²) in [6.45, 7) is 0. The Balaban J connectivity index is 1.65. The minimum Gasteiger partial charge on any atom is -0.369 e. The van der Waals surface area contributed by atoms with E-state index < -0.39 is 5.91 Å². The van der Waals surface area contributed by atoms with Gasteiger partial charge in [-0.15, -0.1) is 11.3 Å². The van der Waals surface area contributed by atoms with E-state index in [1.165, 1.54) is 27.8 Å². The summed E-state index contributed by atoms with van der Waals surface area (Å²) in [4.78, 5) is 27.8. The van der Waals surface area contributed by atoms with Crippen LogP contribution in [0.2, 0.25) is 0 Å². The van der Waals surface area contributed by atoms with E-state index in [9.17, 15) is 9.59 Å². The summed E-state index contributed by atoms with van der Waals surface area (Å²) in [5.74, 6) is -0.628. The monoisotopic (exact) mass is 337 g/mol. The van der Waals surface area contributed by atoms with Crippen LogP contribution >= 0.6 is 11.3 Å². The molecule has 0 fully saturated rings. The Hall–Kier alpha value is -2.73. The number of rotatable bonds is 4. The molecular weight excluding hydrogens is 322 g/mol. The van der Waals surface area contributed by atoms with Crippen molar-refractivity contribution in [3.63, 3.8) is 0 Å². The highest BCUT2D eigenvalue weighted by atomic mass is 32.1. The predicted molar refractivity (Wildman–Crippen MR) is 94.3 cm³/mol. The van der Waals surface area contributed by atoms with Gasteiger partial charge >= 0.3 is 0 Å². The van der Waals surface area contributed by atoms with Gasteiger partial charge in [-0.1, -0.05) is 24.3 Å². The quantitative estimate of drug-likeness (QED) is 0.767. The number of aromatic nitrogens is 1. The van der Waals surface area contributed by atoms with E-state index >= 15 is 0 Å². The topological polar surface area (TPSA) is 85.1 Å². The van der Waals surface area contributed by atoms with E-state index in [4.69, 9.17) is 5.73 Å². The molecule has 1 aliphatic carbocycles. The molecular formula is C18H15N3O2S. The molecule has 1 aromatic heterocycles. The van der Waals surface area contributed by atoms with Crippen LogP contribution in [-0.4, -0.2) is 16.8 Å². The van der Waals surface area contributed by atoms with Gasteiger partial charge in [0.25, 0.3) is 5.91 Å². The standard InChI is InChI=1S/C18H15N3O2S/c19-15(22)8-12-9-24-18(20-12)21-17(23)14-7-6-11-5-4-10-2-1-3-13(14)16(10)11/h1-3,6-7,9H,4-5,8H2,(H2,19,22)(H,20,21,23). The van der Waals surface area contributed by atoms with Crippen LogP contribution in [0.25, 0.3) is 10.8 Å². The summed E-state index contributed by atoms with van der Waals surface area (Å²) in [5.41, 5.74) is 8.98. The molecule has 2 aromatic carbocycles. The van der Waals surface area contributed by atoms with E-state index in [1.54, 1.807) is 5.38 Å². The molecule has 120 valence electrons. The van der Waals surface area contributed by atoms with Gasteiger partial charge in [0, 0.05) is 10.9 Å². The first kappa shape index (κ1) is 14.8. The average Bonchev–Trinajstić information content (AvgIpc) is 3.16. The molecule has 0 saturated carbocycles. The zero-order valence-electron chi connectivity index (χ0n) is 12.8. The lowest BCUT2D eigenvalue weighted by Crippen LogP contribution is -2.15. The summed E-state index contributed by atoms with van der Waals surface area (Å²) in [6.07, 6.45) is 2.13. The van der Waals surface area contributed by atoms with Crippen molar-refractivity contribution in [2.24, 2.45) is 5.73 Å². The summed E-state index contributed by atoms with van der Waals surface area (Å²) in [7, 11) is 0. The third kappa shape index (κ3) is 2.55. The molecule has 1 heterocycles. The van der Waals surface area contributed by atoms with E-state index in [2.05, 4.69) is 16.4 Å². The molecule has 0 unspecified atom stereocenters. The van der Waals surface area contributed by atoms with Gasteiger partial charge in [-0.05, 0) is 40.8 Å². The number of nitrogens with zero attached hydrogens (tertiary/aromatic N) is 1. The van der Waals surface area contributed by atoms with Crippen molar-refractivity contribution >= 4 is 39.1 Å². The number of primary amides is 1. The molecule has 0 saturated heterocycles. The Bertz CT molecular complexity index is 967. The smallest absolute Gasteiger partial charge is 0.258 e. The fourth-order valence-electron chi connectivity index (χ4n) is 3.23. The van der Waals surface area contributed by atoms with Crippen molar-refractivity contribution in [2.45, 2.75) is 19.3 Å². The summed E-state index contributed by atoms with van der Waals surface area (Å²) in [6, 6.07) is 10.0. The van der Waals surface area contributed by atoms with Gasteiger partial charge in [0.2, 0.25) is 5.91 Å². The van der Waals surface area contributed by atoms with Crippen molar-refractivity contribution in [3.05, 3.63) is 58.1 Å². The largest absolute Gasteiger partial charge is 0.369 e. The maximum Gasteiger partial charge on any atom is 0.258 e.